The average molecular weight is 278 g/mol. The highest BCUT2D eigenvalue weighted by molar-refractivity contribution is 5.20. The minimum atomic E-state index is -0.148. The van der Waals surface area contributed by atoms with Crippen LogP contribution in [-0.2, 0) is 0 Å². The molecule has 0 atom stereocenters. The second-order valence-corrected chi connectivity index (χ2v) is 5.92. The van der Waals surface area contributed by atoms with Gasteiger partial charge in [-0.2, -0.15) is 0 Å². The largest absolute Gasteiger partial charge is 0.216 e. The second-order valence-electron chi connectivity index (χ2n) is 5.92. The summed E-state index contributed by atoms with van der Waals surface area (Å²) in [6.07, 6.45) is 11.7. The number of unbranched alkanes of at least 4 members (excludes halogenated alkanes) is 2. The van der Waals surface area contributed by atoms with Crippen molar-refractivity contribution in [3.63, 3.8) is 0 Å². The lowest BCUT2D eigenvalue weighted by molar-refractivity contribution is 0.303. The zero-order valence-corrected chi connectivity index (χ0v) is 12.0. The predicted molar refractivity (Wildman–Crippen MR) is 79.8 cm³/mol. The van der Waals surface area contributed by atoms with Crippen LogP contribution in [0.15, 0.2) is 36.7 Å². The van der Waals surface area contributed by atoms with Crippen LogP contribution in [0.5, 0.6) is 0 Å². The lowest BCUT2D eigenvalue weighted by atomic mass is 9.77. The van der Waals surface area contributed by atoms with E-state index in [0.717, 1.165) is 18.8 Å². The first-order chi connectivity index (χ1) is 9.79. The number of rotatable bonds is 6. The van der Waals surface area contributed by atoms with Gasteiger partial charge in [-0.1, -0.05) is 31.1 Å². The Morgan fingerprint density at radius 3 is 2.35 bits per heavy atom. The molecule has 0 aromatic heterocycles. The van der Waals surface area contributed by atoms with Crippen molar-refractivity contribution in [3.8, 4) is 0 Å². The monoisotopic (exact) mass is 278 g/mol. The fourth-order valence-electron chi connectivity index (χ4n) is 3.28. The first kappa shape index (κ1) is 15.2. The molecule has 1 aromatic rings. The third-order valence-corrected chi connectivity index (χ3v) is 4.51. The second kappa shape index (κ2) is 8.18. The Hall–Kier alpha value is -1.18. The van der Waals surface area contributed by atoms with Crippen molar-refractivity contribution in [2.24, 2.45) is 5.92 Å². The summed E-state index contributed by atoms with van der Waals surface area (Å²) >= 11 is 0. The summed E-state index contributed by atoms with van der Waals surface area (Å²) in [5.41, 5.74) is 1.29. The van der Waals surface area contributed by atoms with Crippen molar-refractivity contribution in [2.45, 2.75) is 57.3 Å². The Labute approximate surface area is 120 Å². The molecule has 0 nitrogen and oxygen atoms in total. The van der Waals surface area contributed by atoms with E-state index in [1.165, 1.54) is 44.1 Å². The number of benzene rings is 1. The van der Waals surface area contributed by atoms with Crippen molar-refractivity contribution in [2.75, 3.05) is 0 Å². The predicted octanol–water partition coefficient (Wildman–Crippen LogP) is 6.14. The number of hydrogen-bond donors (Lipinski definition) is 0. The van der Waals surface area contributed by atoms with Crippen LogP contribution >= 0.6 is 0 Å². The van der Waals surface area contributed by atoms with E-state index in [2.05, 4.69) is 0 Å². The van der Waals surface area contributed by atoms with Gasteiger partial charge in [0.05, 0.1) is 6.33 Å². The van der Waals surface area contributed by atoms with Gasteiger partial charge in [0, 0.05) is 0 Å². The minimum absolute atomic E-state index is 0.148. The van der Waals surface area contributed by atoms with Crippen LogP contribution in [0.3, 0.4) is 0 Å². The Morgan fingerprint density at radius 1 is 1.00 bits per heavy atom. The molecule has 0 spiro atoms. The van der Waals surface area contributed by atoms with Crippen LogP contribution in [0.2, 0.25) is 0 Å². The molecule has 110 valence electrons. The standard InChI is InChI=1S/C18H24F2/c19-14-4-2-1-3-5-15-6-8-16(9-7-15)17-10-12-18(20)13-11-17/h4,10-16H,1-3,5-9H2. The van der Waals surface area contributed by atoms with E-state index in [-0.39, 0.29) is 5.82 Å². The van der Waals surface area contributed by atoms with E-state index in [1.54, 1.807) is 18.2 Å². The summed E-state index contributed by atoms with van der Waals surface area (Å²) in [6, 6.07) is 7.01. The van der Waals surface area contributed by atoms with Crippen molar-refractivity contribution in [3.05, 3.63) is 48.1 Å². The zero-order chi connectivity index (χ0) is 14.2. The van der Waals surface area contributed by atoms with Gasteiger partial charge in [-0.25, -0.2) is 8.78 Å². The van der Waals surface area contributed by atoms with E-state index in [9.17, 15) is 8.78 Å². The van der Waals surface area contributed by atoms with Gasteiger partial charge >= 0.3 is 0 Å². The quantitative estimate of drug-likeness (QED) is 0.548. The first-order valence-electron chi connectivity index (χ1n) is 7.80. The van der Waals surface area contributed by atoms with Gasteiger partial charge in [0.2, 0.25) is 0 Å². The molecule has 1 saturated carbocycles. The smallest absolute Gasteiger partial charge is 0.123 e. The Morgan fingerprint density at radius 2 is 1.70 bits per heavy atom. The van der Waals surface area contributed by atoms with Crippen LogP contribution in [-0.4, -0.2) is 0 Å². The third-order valence-electron chi connectivity index (χ3n) is 4.51. The number of allylic oxidation sites excluding steroid dienone is 1. The summed E-state index contributed by atoms with van der Waals surface area (Å²) in [4.78, 5) is 0. The molecule has 0 saturated heterocycles. The van der Waals surface area contributed by atoms with Gasteiger partial charge in [0.15, 0.2) is 0 Å². The normalized spacial score (nSPS) is 23.3. The molecule has 0 heterocycles. The molecule has 2 rings (SSSR count). The Kier molecular flexibility index (Phi) is 6.23. The van der Waals surface area contributed by atoms with Gasteiger partial charge in [0.25, 0.3) is 0 Å². The SMILES string of the molecule is FC=CCCCCC1CCC(c2ccc(F)cc2)CC1. The summed E-state index contributed by atoms with van der Waals surface area (Å²) in [6.45, 7) is 0. The fraction of sp³-hybridized carbons (Fsp3) is 0.556. The van der Waals surface area contributed by atoms with E-state index >= 15 is 0 Å². The van der Waals surface area contributed by atoms with Gasteiger partial charge in [0.1, 0.15) is 5.82 Å². The van der Waals surface area contributed by atoms with Crippen LogP contribution < -0.4 is 0 Å². The first-order valence-corrected chi connectivity index (χ1v) is 7.80. The summed E-state index contributed by atoms with van der Waals surface area (Å²) in [5.74, 6) is 1.30. The van der Waals surface area contributed by atoms with Gasteiger partial charge in [-0.15, -0.1) is 0 Å². The van der Waals surface area contributed by atoms with Crippen LogP contribution in [0, 0.1) is 11.7 Å². The molecule has 0 radical (unpaired) electrons. The van der Waals surface area contributed by atoms with E-state index in [4.69, 9.17) is 0 Å². The Balaban J connectivity index is 1.68. The fourth-order valence-corrected chi connectivity index (χ4v) is 3.28. The molecule has 1 fully saturated rings. The average Bonchev–Trinajstić information content (AvgIpc) is 2.49. The molecule has 0 unspecified atom stereocenters. The molecule has 0 aliphatic heterocycles. The van der Waals surface area contributed by atoms with Crippen molar-refractivity contribution in [1.29, 1.82) is 0 Å². The van der Waals surface area contributed by atoms with E-state index < -0.39 is 0 Å². The minimum Gasteiger partial charge on any atom is -0.216 e. The lowest BCUT2D eigenvalue weighted by Crippen LogP contribution is -2.13. The summed E-state index contributed by atoms with van der Waals surface area (Å²) < 4.78 is 24.7. The lowest BCUT2D eigenvalue weighted by Gasteiger charge is -2.28. The van der Waals surface area contributed by atoms with Crippen molar-refractivity contribution >= 4 is 0 Å². The topological polar surface area (TPSA) is 0 Å². The summed E-state index contributed by atoms with van der Waals surface area (Å²) in [5, 5.41) is 0. The molecule has 0 amide bonds. The van der Waals surface area contributed by atoms with E-state index in [0.29, 0.717) is 12.2 Å². The Bertz CT molecular complexity index is 400. The number of halogens is 2. The molecule has 0 bridgehead atoms. The molecular formula is C18H24F2. The van der Waals surface area contributed by atoms with Gasteiger partial charge in [-0.3, -0.25) is 0 Å². The molecule has 0 N–H and O–H groups in total. The van der Waals surface area contributed by atoms with Crippen molar-refractivity contribution < 1.29 is 8.78 Å². The number of hydrogen-bond acceptors (Lipinski definition) is 0. The highest BCUT2D eigenvalue weighted by Gasteiger charge is 2.21. The highest BCUT2D eigenvalue weighted by Crippen LogP contribution is 2.37. The maximum Gasteiger partial charge on any atom is 0.123 e. The maximum atomic E-state index is 12.9. The summed E-state index contributed by atoms with van der Waals surface area (Å²) in [7, 11) is 0. The molecule has 2 heteroatoms. The molecule has 20 heavy (non-hydrogen) atoms. The van der Waals surface area contributed by atoms with Gasteiger partial charge in [-0.05, 0) is 68.1 Å². The molecule has 1 aliphatic carbocycles. The molecule has 1 aromatic carbocycles. The highest BCUT2D eigenvalue weighted by atomic mass is 19.1. The van der Waals surface area contributed by atoms with Crippen LogP contribution in [0.4, 0.5) is 8.78 Å². The van der Waals surface area contributed by atoms with E-state index in [1.807, 2.05) is 12.1 Å². The van der Waals surface area contributed by atoms with Crippen LogP contribution in [0.1, 0.15) is 62.8 Å². The molecular weight excluding hydrogens is 254 g/mol. The zero-order valence-electron chi connectivity index (χ0n) is 12.0. The third kappa shape index (κ3) is 4.73. The van der Waals surface area contributed by atoms with Crippen LogP contribution in [0.25, 0.3) is 0 Å². The maximum absolute atomic E-state index is 12.9. The van der Waals surface area contributed by atoms with Crippen molar-refractivity contribution in [1.82, 2.24) is 0 Å². The molecule has 1 aliphatic rings. The van der Waals surface area contributed by atoms with Gasteiger partial charge < -0.3 is 0 Å².